The molecule has 19 heavy (non-hydrogen) atoms. The summed E-state index contributed by atoms with van der Waals surface area (Å²) in [5.74, 6) is 0.106. The first-order chi connectivity index (χ1) is 8.97. The third-order valence-corrected chi connectivity index (χ3v) is 3.24. The highest BCUT2D eigenvalue weighted by molar-refractivity contribution is 6.32. The molecule has 0 saturated carbocycles. The standard InChI is InChI=1S/C14H18ClN3O/c1-9(2)18-8-13(10(3)17-18)16-7-11-4-5-14(19)12(15)6-11/h4-6,8-9,16,19H,7H2,1-3H3. The highest BCUT2D eigenvalue weighted by Crippen LogP contribution is 2.24. The largest absolute Gasteiger partial charge is 0.506 e. The molecule has 5 heteroatoms. The van der Waals surface area contributed by atoms with Crippen molar-refractivity contribution >= 4 is 17.3 Å². The Morgan fingerprint density at radius 3 is 2.74 bits per heavy atom. The SMILES string of the molecule is Cc1nn(C(C)C)cc1NCc1ccc(O)c(Cl)c1. The van der Waals surface area contributed by atoms with Gasteiger partial charge in [0.2, 0.25) is 0 Å². The van der Waals surface area contributed by atoms with Gasteiger partial charge in [-0.05, 0) is 38.5 Å². The zero-order valence-corrected chi connectivity index (χ0v) is 12.1. The third kappa shape index (κ3) is 3.20. The van der Waals surface area contributed by atoms with Gasteiger partial charge < -0.3 is 10.4 Å². The Morgan fingerprint density at radius 2 is 2.16 bits per heavy atom. The number of aryl methyl sites for hydroxylation is 1. The van der Waals surface area contributed by atoms with Gasteiger partial charge in [0.05, 0.1) is 16.4 Å². The molecule has 4 nitrogen and oxygen atoms in total. The van der Waals surface area contributed by atoms with Crippen molar-refractivity contribution in [1.29, 1.82) is 0 Å². The minimum Gasteiger partial charge on any atom is -0.506 e. The van der Waals surface area contributed by atoms with E-state index in [0.717, 1.165) is 16.9 Å². The number of phenols is 1. The maximum atomic E-state index is 9.37. The number of phenolic OH excluding ortho intramolecular Hbond substituents is 1. The topological polar surface area (TPSA) is 50.1 Å². The molecule has 0 saturated heterocycles. The van der Waals surface area contributed by atoms with Gasteiger partial charge in [0.25, 0.3) is 0 Å². The van der Waals surface area contributed by atoms with E-state index in [2.05, 4.69) is 24.3 Å². The highest BCUT2D eigenvalue weighted by atomic mass is 35.5. The van der Waals surface area contributed by atoms with Gasteiger partial charge in [-0.25, -0.2) is 0 Å². The van der Waals surface area contributed by atoms with E-state index in [9.17, 15) is 5.11 Å². The maximum absolute atomic E-state index is 9.37. The van der Waals surface area contributed by atoms with E-state index in [1.807, 2.05) is 23.9 Å². The van der Waals surface area contributed by atoms with E-state index in [0.29, 0.717) is 17.6 Å². The molecule has 0 atom stereocenters. The van der Waals surface area contributed by atoms with Crippen molar-refractivity contribution in [1.82, 2.24) is 9.78 Å². The number of nitrogens with zero attached hydrogens (tertiary/aromatic N) is 2. The van der Waals surface area contributed by atoms with Gasteiger partial charge in [-0.3, -0.25) is 4.68 Å². The lowest BCUT2D eigenvalue weighted by Gasteiger charge is -2.06. The van der Waals surface area contributed by atoms with Crippen LogP contribution in [0.5, 0.6) is 5.75 Å². The minimum absolute atomic E-state index is 0.106. The monoisotopic (exact) mass is 279 g/mol. The quantitative estimate of drug-likeness (QED) is 0.896. The minimum atomic E-state index is 0.106. The zero-order chi connectivity index (χ0) is 14.0. The number of anilines is 1. The van der Waals surface area contributed by atoms with Crippen molar-refractivity contribution in [2.24, 2.45) is 0 Å². The Kier molecular flexibility index (Phi) is 4.00. The molecule has 1 heterocycles. The summed E-state index contributed by atoms with van der Waals surface area (Å²) in [6, 6.07) is 5.55. The number of aromatic nitrogens is 2. The van der Waals surface area contributed by atoms with Crippen LogP contribution < -0.4 is 5.32 Å². The summed E-state index contributed by atoms with van der Waals surface area (Å²) in [6.07, 6.45) is 2.00. The Labute approximate surface area is 118 Å². The lowest BCUT2D eigenvalue weighted by molar-refractivity contribution is 0.475. The highest BCUT2D eigenvalue weighted by Gasteiger charge is 2.07. The summed E-state index contributed by atoms with van der Waals surface area (Å²) in [5.41, 5.74) is 3.00. The fourth-order valence-corrected chi connectivity index (χ4v) is 1.98. The molecule has 0 spiro atoms. The lowest BCUT2D eigenvalue weighted by atomic mass is 10.2. The van der Waals surface area contributed by atoms with Crippen molar-refractivity contribution < 1.29 is 5.11 Å². The van der Waals surface area contributed by atoms with Crippen LogP contribution in [0.2, 0.25) is 5.02 Å². The molecule has 0 aliphatic heterocycles. The third-order valence-electron chi connectivity index (χ3n) is 2.94. The van der Waals surface area contributed by atoms with Gasteiger partial charge in [0.15, 0.2) is 0 Å². The van der Waals surface area contributed by atoms with Crippen molar-refractivity contribution in [2.75, 3.05) is 5.32 Å². The summed E-state index contributed by atoms with van der Waals surface area (Å²) in [5, 5.41) is 17.5. The van der Waals surface area contributed by atoms with E-state index in [-0.39, 0.29) is 5.75 Å². The van der Waals surface area contributed by atoms with Crippen LogP contribution in [0.25, 0.3) is 0 Å². The van der Waals surface area contributed by atoms with E-state index in [4.69, 9.17) is 11.6 Å². The van der Waals surface area contributed by atoms with Crippen LogP contribution in [-0.4, -0.2) is 14.9 Å². The van der Waals surface area contributed by atoms with Crippen LogP contribution in [0.4, 0.5) is 5.69 Å². The smallest absolute Gasteiger partial charge is 0.134 e. The normalized spacial score (nSPS) is 11.0. The maximum Gasteiger partial charge on any atom is 0.134 e. The second kappa shape index (κ2) is 5.53. The summed E-state index contributed by atoms with van der Waals surface area (Å²) >= 11 is 5.88. The Balaban J connectivity index is 2.07. The number of rotatable bonds is 4. The van der Waals surface area contributed by atoms with Crippen molar-refractivity contribution in [3.05, 3.63) is 40.7 Å². The average molecular weight is 280 g/mol. The molecule has 102 valence electrons. The van der Waals surface area contributed by atoms with Gasteiger partial charge in [0.1, 0.15) is 5.75 Å². The fourth-order valence-electron chi connectivity index (χ4n) is 1.78. The van der Waals surface area contributed by atoms with Gasteiger partial charge in [-0.1, -0.05) is 17.7 Å². The Bertz CT molecular complexity index is 578. The van der Waals surface area contributed by atoms with E-state index >= 15 is 0 Å². The van der Waals surface area contributed by atoms with Crippen LogP contribution in [0.1, 0.15) is 31.1 Å². The number of hydrogen-bond acceptors (Lipinski definition) is 3. The first-order valence-corrected chi connectivity index (χ1v) is 6.62. The van der Waals surface area contributed by atoms with Crippen LogP contribution in [-0.2, 0) is 6.54 Å². The summed E-state index contributed by atoms with van der Waals surface area (Å²) in [7, 11) is 0. The molecule has 2 N–H and O–H groups in total. The molecule has 0 aliphatic rings. The molecule has 0 fully saturated rings. The molecular formula is C14H18ClN3O. The lowest BCUT2D eigenvalue weighted by Crippen LogP contribution is -2.01. The molecule has 1 aromatic carbocycles. The summed E-state index contributed by atoms with van der Waals surface area (Å²) < 4.78 is 1.93. The van der Waals surface area contributed by atoms with Crippen LogP contribution in [0.15, 0.2) is 24.4 Å². The number of benzene rings is 1. The molecular weight excluding hydrogens is 262 g/mol. The molecule has 0 bridgehead atoms. The Morgan fingerprint density at radius 1 is 1.42 bits per heavy atom. The van der Waals surface area contributed by atoms with Crippen molar-refractivity contribution in [2.45, 2.75) is 33.4 Å². The molecule has 2 aromatic rings. The molecule has 1 aromatic heterocycles. The summed E-state index contributed by atoms with van der Waals surface area (Å²) in [4.78, 5) is 0. The summed E-state index contributed by atoms with van der Waals surface area (Å²) in [6.45, 7) is 6.81. The molecule has 0 radical (unpaired) electrons. The van der Waals surface area contributed by atoms with E-state index in [1.165, 1.54) is 0 Å². The van der Waals surface area contributed by atoms with Crippen LogP contribution in [0, 0.1) is 6.92 Å². The van der Waals surface area contributed by atoms with E-state index < -0.39 is 0 Å². The van der Waals surface area contributed by atoms with Gasteiger partial charge in [-0.15, -0.1) is 0 Å². The second-order valence-corrected chi connectivity index (χ2v) is 5.25. The van der Waals surface area contributed by atoms with Crippen LogP contribution in [0.3, 0.4) is 0 Å². The fraction of sp³-hybridized carbons (Fsp3) is 0.357. The second-order valence-electron chi connectivity index (χ2n) is 4.84. The molecule has 2 rings (SSSR count). The number of nitrogens with one attached hydrogen (secondary N) is 1. The Hall–Kier alpha value is -1.68. The van der Waals surface area contributed by atoms with Gasteiger partial charge in [0, 0.05) is 18.8 Å². The van der Waals surface area contributed by atoms with Gasteiger partial charge in [-0.2, -0.15) is 5.10 Å². The van der Waals surface area contributed by atoms with Crippen molar-refractivity contribution in [3.63, 3.8) is 0 Å². The molecule has 0 amide bonds. The number of hydrogen-bond donors (Lipinski definition) is 2. The average Bonchev–Trinajstić information content (AvgIpc) is 2.73. The van der Waals surface area contributed by atoms with Crippen LogP contribution >= 0.6 is 11.6 Å². The number of aromatic hydroxyl groups is 1. The molecule has 0 unspecified atom stereocenters. The first kappa shape index (κ1) is 13.7. The predicted molar refractivity (Wildman–Crippen MR) is 77.8 cm³/mol. The first-order valence-electron chi connectivity index (χ1n) is 6.24. The van der Waals surface area contributed by atoms with Gasteiger partial charge >= 0.3 is 0 Å². The van der Waals surface area contributed by atoms with E-state index in [1.54, 1.807) is 12.1 Å². The van der Waals surface area contributed by atoms with Crippen molar-refractivity contribution in [3.8, 4) is 5.75 Å². The number of halogens is 1. The predicted octanol–water partition coefficient (Wildman–Crippen LogP) is 3.74. The zero-order valence-electron chi connectivity index (χ0n) is 11.3. The molecule has 0 aliphatic carbocycles.